The van der Waals surface area contributed by atoms with Gasteiger partial charge in [0.15, 0.2) is 0 Å². The van der Waals surface area contributed by atoms with Gasteiger partial charge in [-0.3, -0.25) is 4.79 Å². The Hall–Kier alpha value is -0.390. The van der Waals surface area contributed by atoms with Crippen LogP contribution in [0, 0.1) is 0 Å². The predicted molar refractivity (Wildman–Crippen MR) is 67.3 cm³/mol. The molecule has 3 nitrogen and oxygen atoms in total. The van der Waals surface area contributed by atoms with Crippen LogP contribution in [0.4, 0.5) is 0 Å². The van der Waals surface area contributed by atoms with Gasteiger partial charge < -0.3 is 10.6 Å². The van der Waals surface area contributed by atoms with Crippen molar-refractivity contribution in [1.29, 1.82) is 0 Å². The lowest BCUT2D eigenvalue weighted by Gasteiger charge is -2.02. The van der Waals surface area contributed by atoms with Gasteiger partial charge in [-0.05, 0) is 41.0 Å². The monoisotopic (exact) mass is 290 g/mol. The molecule has 1 heterocycles. The van der Waals surface area contributed by atoms with Gasteiger partial charge in [0.2, 0.25) is 5.91 Å². The lowest BCUT2D eigenvalue weighted by molar-refractivity contribution is -0.120. The highest BCUT2D eigenvalue weighted by Gasteiger charge is 1.98. The number of hydrogen-bond acceptors (Lipinski definition) is 3. The second kappa shape index (κ2) is 6.98. The van der Waals surface area contributed by atoms with Crippen LogP contribution in [0.2, 0.25) is 0 Å². The van der Waals surface area contributed by atoms with E-state index in [1.54, 1.807) is 18.4 Å². The molecule has 0 atom stereocenters. The molecular formula is C10H15BrN2OS. The molecule has 0 bridgehead atoms. The molecule has 2 N–H and O–H groups in total. The van der Waals surface area contributed by atoms with E-state index in [9.17, 15) is 4.79 Å². The van der Waals surface area contributed by atoms with Crippen molar-refractivity contribution in [2.45, 2.75) is 12.8 Å². The highest BCUT2D eigenvalue weighted by Crippen LogP contribution is 2.21. The quantitative estimate of drug-likeness (QED) is 0.784. The normalized spacial score (nSPS) is 10.3. The van der Waals surface area contributed by atoms with Crippen molar-refractivity contribution in [2.24, 2.45) is 0 Å². The molecule has 0 aromatic carbocycles. The van der Waals surface area contributed by atoms with Crippen LogP contribution >= 0.6 is 27.3 Å². The number of thiophene rings is 1. The molecule has 15 heavy (non-hydrogen) atoms. The number of hydrogen-bond donors (Lipinski definition) is 2. The topological polar surface area (TPSA) is 41.1 Å². The Balaban J connectivity index is 2.05. The Morgan fingerprint density at radius 2 is 2.27 bits per heavy atom. The molecule has 0 saturated heterocycles. The predicted octanol–water partition coefficient (Wildman–Crippen LogP) is 1.78. The van der Waals surface area contributed by atoms with E-state index in [0.717, 1.165) is 19.5 Å². The molecule has 1 rings (SSSR count). The number of carbonyl (C=O) groups excluding carboxylic acids is 1. The molecule has 1 aromatic rings. The fourth-order valence-electron chi connectivity index (χ4n) is 1.15. The Labute approximate surface area is 102 Å². The molecule has 84 valence electrons. The van der Waals surface area contributed by atoms with Crippen molar-refractivity contribution in [2.75, 3.05) is 20.1 Å². The average molecular weight is 291 g/mol. The van der Waals surface area contributed by atoms with Crippen molar-refractivity contribution in [3.63, 3.8) is 0 Å². The van der Waals surface area contributed by atoms with E-state index in [4.69, 9.17) is 0 Å². The van der Waals surface area contributed by atoms with E-state index in [-0.39, 0.29) is 5.91 Å². The first kappa shape index (κ1) is 12.7. The number of halogens is 1. The zero-order valence-electron chi connectivity index (χ0n) is 8.68. The molecule has 0 saturated carbocycles. The van der Waals surface area contributed by atoms with Crippen molar-refractivity contribution in [3.05, 3.63) is 20.8 Å². The summed E-state index contributed by atoms with van der Waals surface area (Å²) < 4.78 is 1.17. The lowest BCUT2D eigenvalue weighted by Crippen LogP contribution is -2.25. The third kappa shape index (κ3) is 5.30. The highest BCUT2D eigenvalue weighted by atomic mass is 79.9. The minimum absolute atomic E-state index is 0.0846. The van der Waals surface area contributed by atoms with E-state index in [2.05, 4.69) is 38.7 Å². The van der Waals surface area contributed by atoms with Crippen LogP contribution in [0.25, 0.3) is 0 Å². The summed E-state index contributed by atoms with van der Waals surface area (Å²) in [6.45, 7) is 1.66. The molecule has 0 radical (unpaired) electrons. The summed E-state index contributed by atoms with van der Waals surface area (Å²) in [5, 5.41) is 5.83. The Bertz CT molecular complexity index is 314. The first-order valence-corrected chi connectivity index (χ1v) is 6.49. The van der Waals surface area contributed by atoms with E-state index in [1.165, 1.54) is 8.66 Å². The first-order chi connectivity index (χ1) is 7.22. The van der Waals surface area contributed by atoms with Crippen molar-refractivity contribution >= 4 is 33.2 Å². The van der Waals surface area contributed by atoms with Crippen molar-refractivity contribution < 1.29 is 4.79 Å². The van der Waals surface area contributed by atoms with Crippen LogP contribution in [0.5, 0.6) is 0 Å². The van der Waals surface area contributed by atoms with Crippen molar-refractivity contribution in [1.82, 2.24) is 10.6 Å². The van der Waals surface area contributed by atoms with Gasteiger partial charge in [-0.15, -0.1) is 11.3 Å². The zero-order valence-corrected chi connectivity index (χ0v) is 11.1. The fourth-order valence-corrected chi connectivity index (χ4v) is 2.63. The molecule has 0 fully saturated rings. The molecule has 0 aliphatic heterocycles. The number of nitrogens with one attached hydrogen (secondary N) is 2. The van der Waals surface area contributed by atoms with Crippen LogP contribution < -0.4 is 10.6 Å². The highest BCUT2D eigenvalue weighted by molar-refractivity contribution is 9.11. The Morgan fingerprint density at radius 3 is 2.87 bits per heavy atom. The minimum atomic E-state index is 0.0846. The van der Waals surface area contributed by atoms with Gasteiger partial charge in [-0.2, -0.15) is 0 Å². The molecule has 5 heteroatoms. The van der Waals surface area contributed by atoms with Crippen LogP contribution in [0.3, 0.4) is 0 Å². The summed E-state index contributed by atoms with van der Waals surface area (Å²) in [4.78, 5) is 12.2. The van der Waals surface area contributed by atoms with Crippen LogP contribution in [-0.2, 0) is 11.2 Å². The minimum Gasteiger partial charge on any atom is -0.359 e. The van der Waals surface area contributed by atoms with Crippen molar-refractivity contribution in [3.8, 4) is 0 Å². The molecule has 1 aromatic heterocycles. The fraction of sp³-hybridized carbons (Fsp3) is 0.500. The molecule has 0 aliphatic carbocycles. The second-order valence-corrected chi connectivity index (χ2v) is 5.68. The van der Waals surface area contributed by atoms with Gasteiger partial charge in [0.05, 0.1) is 3.79 Å². The molecule has 0 spiro atoms. The maximum Gasteiger partial charge on any atom is 0.221 e. The van der Waals surface area contributed by atoms with Gasteiger partial charge in [0.25, 0.3) is 0 Å². The maximum atomic E-state index is 10.9. The number of amides is 1. The SMILES string of the molecule is CNC(=O)CCNCCc1ccc(Br)s1. The smallest absolute Gasteiger partial charge is 0.221 e. The summed E-state index contributed by atoms with van der Waals surface area (Å²) in [6.07, 6.45) is 1.56. The molecular weight excluding hydrogens is 276 g/mol. The third-order valence-electron chi connectivity index (χ3n) is 1.98. The third-order valence-corrected chi connectivity index (χ3v) is 3.67. The van der Waals surface area contributed by atoms with E-state index in [0.29, 0.717) is 6.42 Å². The number of carbonyl (C=O) groups is 1. The second-order valence-electron chi connectivity index (χ2n) is 3.13. The summed E-state index contributed by atoms with van der Waals surface area (Å²) in [5.74, 6) is 0.0846. The van der Waals surface area contributed by atoms with Crippen LogP contribution in [0.15, 0.2) is 15.9 Å². The Kier molecular flexibility index (Phi) is 5.90. The lowest BCUT2D eigenvalue weighted by atomic mass is 10.3. The van der Waals surface area contributed by atoms with Gasteiger partial charge >= 0.3 is 0 Å². The van der Waals surface area contributed by atoms with Gasteiger partial charge in [0, 0.05) is 24.9 Å². The summed E-state index contributed by atoms with van der Waals surface area (Å²) in [5.41, 5.74) is 0. The van der Waals surface area contributed by atoms with E-state index < -0.39 is 0 Å². The zero-order chi connectivity index (χ0) is 11.1. The summed E-state index contributed by atoms with van der Waals surface area (Å²) >= 11 is 5.18. The summed E-state index contributed by atoms with van der Waals surface area (Å²) in [6, 6.07) is 4.18. The number of rotatable bonds is 6. The van der Waals surface area contributed by atoms with E-state index in [1.807, 2.05) is 0 Å². The molecule has 1 amide bonds. The Morgan fingerprint density at radius 1 is 1.47 bits per heavy atom. The molecule has 0 unspecified atom stereocenters. The van der Waals surface area contributed by atoms with Gasteiger partial charge in [0.1, 0.15) is 0 Å². The average Bonchev–Trinajstić information content (AvgIpc) is 2.63. The largest absolute Gasteiger partial charge is 0.359 e. The van der Waals surface area contributed by atoms with Crippen LogP contribution in [-0.4, -0.2) is 26.0 Å². The van der Waals surface area contributed by atoms with Gasteiger partial charge in [-0.25, -0.2) is 0 Å². The standard InChI is InChI=1S/C10H15BrN2OS/c1-12-10(14)5-7-13-6-4-8-2-3-9(11)15-8/h2-3,13H,4-7H2,1H3,(H,12,14). The first-order valence-electron chi connectivity index (χ1n) is 4.88. The van der Waals surface area contributed by atoms with Gasteiger partial charge in [-0.1, -0.05) is 0 Å². The van der Waals surface area contributed by atoms with E-state index >= 15 is 0 Å². The molecule has 0 aliphatic rings. The maximum absolute atomic E-state index is 10.9. The van der Waals surface area contributed by atoms with Crippen LogP contribution in [0.1, 0.15) is 11.3 Å². The summed E-state index contributed by atoms with van der Waals surface area (Å²) in [7, 11) is 1.66.